The lowest BCUT2D eigenvalue weighted by Crippen LogP contribution is -2.10. The maximum Gasteiger partial charge on any atom is 0.165 e. The van der Waals surface area contributed by atoms with E-state index in [0.717, 1.165) is 11.1 Å². The molecule has 100 valence electrons. The SMILES string of the molecule is NC(=S)c1cccc(Cn2cnc3c(N)ncnc32)c1. The molecule has 3 aromatic rings. The van der Waals surface area contributed by atoms with E-state index in [1.165, 1.54) is 6.33 Å². The first-order valence-electron chi connectivity index (χ1n) is 5.95. The summed E-state index contributed by atoms with van der Waals surface area (Å²) < 4.78 is 1.91. The average Bonchev–Trinajstić information content (AvgIpc) is 2.84. The molecule has 0 unspecified atom stereocenters. The number of hydrogen-bond donors (Lipinski definition) is 2. The Morgan fingerprint density at radius 3 is 2.90 bits per heavy atom. The Morgan fingerprint density at radius 2 is 2.10 bits per heavy atom. The van der Waals surface area contributed by atoms with Crippen molar-refractivity contribution >= 4 is 34.2 Å². The minimum Gasteiger partial charge on any atom is -0.389 e. The normalized spacial score (nSPS) is 10.8. The smallest absolute Gasteiger partial charge is 0.165 e. The molecule has 0 bridgehead atoms. The predicted octanol–water partition coefficient (Wildman–Crippen LogP) is 1.09. The highest BCUT2D eigenvalue weighted by Crippen LogP contribution is 2.16. The van der Waals surface area contributed by atoms with Crippen LogP contribution in [0.5, 0.6) is 0 Å². The zero-order chi connectivity index (χ0) is 14.1. The quantitative estimate of drug-likeness (QED) is 0.699. The van der Waals surface area contributed by atoms with Crippen molar-refractivity contribution in [3.8, 4) is 0 Å². The van der Waals surface area contributed by atoms with E-state index in [0.29, 0.717) is 28.5 Å². The van der Waals surface area contributed by atoms with E-state index >= 15 is 0 Å². The van der Waals surface area contributed by atoms with Crippen LogP contribution < -0.4 is 11.5 Å². The van der Waals surface area contributed by atoms with Crippen molar-refractivity contribution in [2.75, 3.05) is 5.73 Å². The first-order valence-corrected chi connectivity index (χ1v) is 6.36. The summed E-state index contributed by atoms with van der Waals surface area (Å²) in [5.41, 5.74) is 14.6. The fourth-order valence-electron chi connectivity index (χ4n) is 2.03. The van der Waals surface area contributed by atoms with Gasteiger partial charge in [0.2, 0.25) is 0 Å². The van der Waals surface area contributed by atoms with Crippen LogP contribution in [-0.2, 0) is 6.54 Å². The number of imidazole rings is 1. The number of fused-ring (bicyclic) bond motifs is 1. The Labute approximate surface area is 120 Å². The standard InChI is InChI=1S/C13H12N6S/c14-11-10-13(17-6-16-11)19(7-18-10)5-8-2-1-3-9(4-8)12(15)20/h1-4,6-7H,5H2,(H2,15,20)(H2,14,16,17). The number of nitrogen functional groups attached to an aromatic ring is 1. The lowest BCUT2D eigenvalue weighted by atomic mass is 10.1. The maximum absolute atomic E-state index is 5.77. The molecule has 0 fully saturated rings. The molecule has 0 aliphatic carbocycles. The molecule has 6 nitrogen and oxygen atoms in total. The number of rotatable bonds is 3. The Balaban J connectivity index is 1.99. The highest BCUT2D eigenvalue weighted by molar-refractivity contribution is 7.80. The Hall–Kier alpha value is -2.54. The predicted molar refractivity (Wildman–Crippen MR) is 81.2 cm³/mol. The van der Waals surface area contributed by atoms with Crippen molar-refractivity contribution in [3.63, 3.8) is 0 Å². The topological polar surface area (TPSA) is 95.6 Å². The van der Waals surface area contributed by atoms with Gasteiger partial charge in [0.05, 0.1) is 12.9 Å². The summed E-state index contributed by atoms with van der Waals surface area (Å²) in [5.74, 6) is 0.380. The second kappa shape index (κ2) is 4.86. The minimum absolute atomic E-state index is 0.380. The van der Waals surface area contributed by atoms with Crippen molar-refractivity contribution < 1.29 is 0 Å². The highest BCUT2D eigenvalue weighted by atomic mass is 32.1. The van der Waals surface area contributed by atoms with E-state index < -0.39 is 0 Å². The van der Waals surface area contributed by atoms with E-state index in [1.54, 1.807) is 6.33 Å². The van der Waals surface area contributed by atoms with Crippen LogP contribution in [-0.4, -0.2) is 24.5 Å². The number of aromatic nitrogens is 4. The Bertz CT molecular complexity index is 794. The van der Waals surface area contributed by atoms with Gasteiger partial charge in [0.1, 0.15) is 16.8 Å². The average molecular weight is 284 g/mol. The van der Waals surface area contributed by atoms with Crippen molar-refractivity contribution in [2.24, 2.45) is 5.73 Å². The van der Waals surface area contributed by atoms with Gasteiger partial charge in [-0.2, -0.15) is 0 Å². The zero-order valence-electron chi connectivity index (χ0n) is 10.5. The minimum atomic E-state index is 0.380. The molecule has 0 amide bonds. The van der Waals surface area contributed by atoms with Gasteiger partial charge in [-0.3, -0.25) is 0 Å². The molecule has 3 rings (SSSR count). The van der Waals surface area contributed by atoms with Gasteiger partial charge in [0.15, 0.2) is 11.5 Å². The fourth-order valence-corrected chi connectivity index (χ4v) is 2.16. The van der Waals surface area contributed by atoms with Crippen LogP contribution in [0.25, 0.3) is 11.2 Å². The van der Waals surface area contributed by atoms with Crippen LogP contribution in [0.2, 0.25) is 0 Å². The fraction of sp³-hybridized carbons (Fsp3) is 0.0769. The third-order valence-corrected chi connectivity index (χ3v) is 3.23. The van der Waals surface area contributed by atoms with Gasteiger partial charge in [-0.1, -0.05) is 30.4 Å². The largest absolute Gasteiger partial charge is 0.389 e. The first kappa shape index (κ1) is 12.5. The third-order valence-electron chi connectivity index (χ3n) is 2.99. The van der Waals surface area contributed by atoms with Crippen LogP contribution in [0.1, 0.15) is 11.1 Å². The van der Waals surface area contributed by atoms with E-state index in [2.05, 4.69) is 15.0 Å². The molecule has 0 saturated carbocycles. The second-order valence-corrected chi connectivity index (χ2v) is 4.81. The molecule has 0 aliphatic heterocycles. The molecule has 7 heteroatoms. The molecule has 20 heavy (non-hydrogen) atoms. The van der Waals surface area contributed by atoms with Crippen LogP contribution in [0.3, 0.4) is 0 Å². The van der Waals surface area contributed by atoms with E-state index in [4.69, 9.17) is 23.7 Å². The van der Waals surface area contributed by atoms with Crippen LogP contribution in [0.15, 0.2) is 36.9 Å². The Morgan fingerprint density at radius 1 is 1.25 bits per heavy atom. The summed E-state index contributed by atoms with van der Waals surface area (Å²) in [6.07, 6.45) is 3.13. The molecular formula is C13H12N6S. The summed E-state index contributed by atoms with van der Waals surface area (Å²) in [4.78, 5) is 12.8. The molecule has 0 radical (unpaired) electrons. The van der Waals surface area contributed by atoms with Gasteiger partial charge >= 0.3 is 0 Å². The monoisotopic (exact) mass is 284 g/mol. The van der Waals surface area contributed by atoms with Gasteiger partial charge in [0, 0.05) is 5.56 Å². The van der Waals surface area contributed by atoms with Gasteiger partial charge in [0.25, 0.3) is 0 Å². The zero-order valence-corrected chi connectivity index (χ0v) is 11.3. The number of hydrogen-bond acceptors (Lipinski definition) is 5. The third kappa shape index (κ3) is 2.19. The molecule has 0 saturated heterocycles. The molecule has 0 spiro atoms. The number of nitrogens with two attached hydrogens (primary N) is 2. The van der Waals surface area contributed by atoms with Crippen LogP contribution in [0.4, 0.5) is 5.82 Å². The number of thiocarbonyl (C=S) groups is 1. The Kier molecular flexibility index (Phi) is 3.03. The van der Waals surface area contributed by atoms with Gasteiger partial charge < -0.3 is 16.0 Å². The number of anilines is 1. The molecule has 0 aliphatic rings. The highest BCUT2D eigenvalue weighted by Gasteiger charge is 2.08. The van der Waals surface area contributed by atoms with Crippen molar-refractivity contribution in [2.45, 2.75) is 6.54 Å². The van der Waals surface area contributed by atoms with Crippen LogP contribution >= 0.6 is 12.2 Å². The molecule has 0 atom stereocenters. The van der Waals surface area contributed by atoms with Crippen molar-refractivity contribution in [1.29, 1.82) is 0 Å². The second-order valence-electron chi connectivity index (χ2n) is 4.37. The van der Waals surface area contributed by atoms with E-state index in [1.807, 2.05) is 28.8 Å². The summed E-state index contributed by atoms with van der Waals surface area (Å²) >= 11 is 4.99. The summed E-state index contributed by atoms with van der Waals surface area (Å²) in [6, 6.07) is 7.77. The summed E-state index contributed by atoms with van der Waals surface area (Å²) in [5, 5.41) is 0. The molecule has 2 heterocycles. The molecule has 4 N–H and O–H groups in total. The van der Waals surface area contributed by atoms with Crippen molar-refractivity contribution in [3.05, 3.63) is 48.0 Å². The van der Waals surface area contributed by atoms with Gasteiger partial charge in [-0.05, 0) is 11.6 Å². The van der Waals surface area contributed by atoms with Crippen molar-refractivity contribution in [1.82, 2.24) is 19.5 Å². The molecule has 1 aromatic carbocycles. The molecule has 2 aromatic heterocycles. The lowest BCUT2D eigenvalue weighted by Gasteiger charge is -2.06. The lowest BCUT2D eigenvalue weighted by molar-refractivity contribution is 0.813. The van der Waals surface area contributed by atoms with Gasteiger partial charge in [-0.15, -0.1) is 0 Å². The molecular weight excluding hydrogens is 272 g/mol. The number of nitrogens with zero attached hydrogens (tertiary/aromatic N) is 4. The first-order chi connectivity index (χ1) is 9.65. The summed E-state index contributed by atoms with van der Waals surface area (Å²) in [7, 11) is 0. The van der Waals surface area contributed by atoms with Crippen LogP contribution in [0, 0.1) is 0 Å². The van der Waals surface area contributed by atoms with E-state index in [-0.39, 0.29) is 0 Å². The maximum atomic E-state index is 5.77. The summed E-state index contributed by atoms with van der Waals surface area (Å²) in [6.45, 7) is 0.614. The number of benzene rings is 1. The van der Waals surface area contributed by atoms with Gasteiger partial charge in [-0.25, -0.2) is 15.0 Å². The van der Waals surface area contributed by atoms with E-state index in [9.17, 15) is 0 Å².